The third-order valence-corrected chi connectivity index (χ3v) is 6.64. The molecule has 0 unspecified atom stereocenters. The number of likely N-dealkylation sites (tertiary alicyclic amines) is 1. The van der Waals surface area contributed by atoms with Crippen LogP contribution in [0.1, 0.15) is 43.0 Å². The van der Waals surface area contributed by atoms with Crippen molar-refractivity contribution >= 4 is 29.4 Å². The van der Waals surface area contributed by atoms with Gasteiger partial charge in [-0.1, -0.05) is 55.3 Å². The number of nitriles is 1. The Morgan fingerprint density at radius 2 is 1.97 bits per heavy atom. The summed E-state index contributed by atoms with van der Waals surface area (Å²) in [6.07, 6.45) is 10.4. The van der Waals surface area contributed by atoms with Crippen molar-refractivity contribution in [3.05, 3.63) is 94.4 Å². The summed E-state index contributed by atoms with van der Waals surface area (Å²) in [5.74, 6) is 0.209. The van der Waals surface area contributed by atoms with Crippen LogP contribution in [0.25, 0.3) is 22.9 Å². The summed E-state index contributed by atoms with van der Waals surface area (Å²) < 4.78 is 2.05. The molecular formula is C30H30ClN5O. The summed E-state index contributed by atoms with van der Waals surface area (Å²) in [6.45, 7) is 5.52. The van der Waals surface area contributed by atoms with E-state index in [9.17, 15) is 10.1 Å². The van der Waals surface area contributed by atoms with Gasteiger partial charge >= 0.3 is 0 Å². The van der Waals surface area contributed by atoms with Gasteiger partial charge in [0.05, 0.1) is 0 Å². The number of halogens is 1. The van der Waals surface area contributed by atoms with Gasteiger partial charge < -0.3 is 15.2 Å². The largest absolute Gasteiger partial charge is 0.383 e. The number of allylic oxidation sites excluding steroid dienone is 1. The summed E-state index contributed by atoms with van der Waals surface area (Å²) in [5.41, 5.74) is 12.0. The van der Waals surface area contributed by atoms with Gasteiger partial charge in [-0.2, -0.15) is 5.26 Å². The molecule has 1 amide bonds. The predicted octanol–water partition coefficient (Wildman–Crippen LogP) is 6.26. The zero-order chi connectivity index (χ0) is 26.4. The number of rotatable bonds is 8. The lowest BCUT2D eigenvalue weighted by atomic mass is 10.0. The number of hydrogen-bond acceptors (Lipinski definition) is 3. The lowest BCUT2D eigenvalue weighted by Gasteiger charge is -2.30. The van der Waals surface area contributed by atoms with Crippen LogP contribution in [0, 0.1) is 18.3 Å². The van der Waals surface area contributed by atoms with Crippen molar-refractivity contribution in [2.75, 3.05) is 13.1 Å². The van der Waals surface area contributed by atoms with Crippen LogP contribution in [0.2, 0.25) is 5.02 Å². The van der Waals surface area contributed by atoms with E-state index < -0.39 is 0 Å². The van der Waals surface area contributed by atoms with Crippen LogP contribution in [0.4, 0.5) is 0 Å². The first kappa shape index (κ1) is 26.0. The minimum Gasteiger partial charge on any atom is -0.383 e. The smallest absolute Gasteiger partial charge is 0.264 e. The van der Waals surface area contributed by atoms with Crippen molar-refractivity contribution in [3.63, 3.8) is 0 Å². The number of hydrogen-bond donors (Lipinski definition) is 1. The van der Waals surface area contributed by atoms with Gasteiger partial charge in [0.2, 0.25) is 0 Å². The highest BCUT2D eigenvalue weighted by Gasteiger charge is 2.23. The molecule has 7 heteroatoms. The topological polar surface area (TPSA) is 87.4 Å². The fourth-order valence-electron chi connectivity index (χ4n) is 4.25. The molecule has 0 saturated carbocycles. The maximum absolute atomic E-state index is 12.6. The van der Waals surface area contributed by atoms with Gasteiger partial charge in [0.1, 0.15) is 17.5 Å². The Morgan fingerprint density at radius 3 is 2.62 bits per heavy atom. The standard InChI is InChI=1S/C30H30ClN5O/c1-3-4-5-14-34-29(33)28-21(2)36(20-27(28)23-10-12-25(31)13-11-23)26-9-6-8-22(18-26)17-24(19-32)30(37)35-15-7-16-35/h5-6,8-14,17-18,20H,3-4,7,15-16H2,1-2H3,(H2,33,34)/b14-5+,24-17?. The summed E-state index contributed by atoms with van der Waals surface area (Å²) in [7, 11) is 0. The van der Waals surface area contributed by atoms with Gasteiger partial charge in [0.15, 0.2) is 0 Å². The molecule has 0 bridgehead atoms. The molecule has 1 aromatic heterocycles. The number of unbranched alkanes of at least 4 members (excludes halogenated alkanes) is 1. The number of carbonyl (C=O) groups is 1. The number of carbonyl (C=O) groups excluding carboxylic acids is 1. The van der Waals surface area contributed by atoms with Crippen LogP contribution < -0.4 is 5.73 Å². The van der Waals surface area contributed by atoms with Gasteiger partial charge in [0.25, 0.3) is 5.91 Å². The molecule has 2 N–H and O–H groups in total. The Hall–Kier alpha value is -4.08. The number of aromatic nitrogens is 1. The average molecular weight is 512 g/mol. The van der Waals surface area contributed by atoms with Crippen LogP contribution >= 0.6 is 11.6 Å². The van der Waals surface area contributed by atoms with Crippen LogP contribution in [0.15, 0.2) is 77.6 Å². The summed E-state index contributed by atoms with van der Waals surface area (Å²) >= 11 is 6.14. The lowest BCUT2D eigenvalue weighted by molar-refractivity contribution is -0.129. The molecule has 1 aliphatic rings. The second-order valence-electron chi connectivity index (χ2n) is 8.98. The SMILES string of the molecule is CCC/C=C/N=C(N)c1c(-c2ccc(Cl)cc2)cn(-c2cccc(C=C(C#N)C(=O)N3CCC3)c2)c1C. The molecular weight excluding hydrogens is 482 g/mol. The predicted molar refractivity (Wildman–Crippen MR) is 151 cm³/mol. The van der Waals surface area contributed by atoms with Crippen molar-refractivity contribution < 1.29 is 4.79 Å². The molecule has 0 atom stereocenters. The van der Waals surface area contributed by atoms with Crippen molar-refractivity contribution in [2.24, 2.45) is 10.7 Å². The zero-order valence-corrected chi connectivity index (χ0v) is 21.9. The first-order chi connectivity index (χ1) is 17.9. The average Bonchev–Trinajstić information content (AvgIpc) is 3.21. The van der Waals surface area contributed by atoms with E-state index in [1.54, 1.807) is 17.2 Å². The molecule has 2 heterocycles. The van der Waals surface area contributed by atoms with E-state index in [0.29, 0.717) is 23.9 Å². The zero-order valence-electron chi connectivity index (χ0n) is 21.1. The van der Waals surface area contributed by atoms with E-state index >= 15 is 0 Å². The lowest BCUT2D eigenvalue weighted by Crippen LogP contribution is -2.42. The Morgan fingerprint density at radius 1 is 1.22 bits per heavy atom. The van der Waals surface area contributed by atoms with Gasteiger partial charge in [-0.05, 0) is 61.2 Å². The summed E-state index contributed by atoms with van der Waals surface area (Å²) in [4.78, 5) is 18.8. The van der Waals surface area contributed by atoms with E-state index in [1.165, 1.54) is 0 Å². The Balaban J connectivity index is 1.78. The van der Waals surface area contributed by atoms with Crippen molar-refractivity contribution in [1.29, 1.82) is 5.26 Å². The highest BCUT2D eigenvalue weighted by Crippen LogP contribution is 2.31. The fraction of sp³-hybridized carbons (Fsp3) is 0.233. The normalized spacial score (nSPS) is 14.1. The second kappa shape index (κ2) is 11.8. The van der Waals surface area contributed by atoms with Crippen LogP contribution in [0.5, 0.6) is 0 Å². The van der Waals surface area contributed by atoms with E-state index in [0.717, 1.165) is 52.9 Å². The van der Waals surface area contributed by atoms with Gasteiger partial charge in [-0.15, -0.1) is 0 Å². The van der Waals surface area contributed by atoms with E-state index in [1.807, 2.05) is 67.7 Å². The third kappa shape index (κ3) is 5.84. The molecule has 4 rings (SSSR count). The number of benzene rings is 2. The van der Waals surface area contributed by atoms with Gasteiger partial charge in [-0.3, -0.25) is 4.79 Å². The van der Waals surface area contributed by atoms with Crippen LogP contribution in [-0.4, -0.2) is 34.3 Å². The minimum absolute atomic E-state index is 0.138. The van der Waals surface area contributed by atoms with E-state index in [-0.39, 0.29) is 11.5 Å². The molecule has 0 aliphatic carbocycles. The van der Waals surface area contributed by atoms with E-state index in [4.69, 9.17) is 17.3 Å². The Labute approximate surface area is 223 Å². The molecule has 188 valence electrons. The molecule has 2 aromatic carbocycles. The van der Waals surface area contributed by atoms with Crippen LogP contribution in [0.3, 0.4) is 0 Å². The van der Waals surface area contributed by atoms with E-state index in [2.05, 4.69) is 22.6 Å². The van der Waals surface area contributed by atoms with Gasteiger partial charge in [-0.25, -0.2) is 4.99 Å². The first-order valence-electron chi connectivity index (χ1n) is 12.4. The number of aliphatic imine (C=N–C) groups is 1. The number of nitrogens with two attached hydrogens (primary N) is 1. The Kier molecular flexibility index (Phi) is 8.27. The van der Waals surface area contributed by atoms with Gasteiger partial charge in [0, 0.05) is 53.0 Å². The maximum atomic E-state index is 12.6. The fourth-order valence-corrected chi connectivity index (χ4v) is 4.37. The number of amidine groups is 1. The second-order valence-corrected chi connectivity index (χ2v) is 9.41. The molecule has 37 heavy (non-hydrogen) atoms. The quantitative estimate of drug-likeness (QED) is 0.167. The highest BCUT2D eigenvalue weighted by atomic mass is 35.5. The van der Waals surface area contributed by atoms with Crippen LogP contribution in [-0.2, 0) is 4.79 Å². The highest BCUT2D eigenvalue weighted by molar-refractivity contribution is 6.30. The first-order valence-corrected chi connectivity index (χ1v) is 12.8. The van der Waals surface area contributed by atoms with Crippen molar-refractivity contribution in [3.8, 4) is 22.9 Å². The maximum Gasteiger partial charge on any atom is 0.264 e. The summed E-state index contributed by atoms with van der Waals surface area (Å²) in [5, 5.41) is 10.3. The molecule has 0 spiro atoms. The summed E-state index contributed by atoms with van der Waals surface area (Å²) in [6, 6.07) is 17.4. The molecule has 1 fully saturated rings. The molecule has 1 aliphatic heterocycles. The Bertz CT molecular complexity index is 1420. The molecule has 3 aromatic rings. The number of amides is 1. The van der Waals surface area contributed by atoms with Crippen molar-refractivity contribution in [2.45, 2.75) is 33.1 Å². The monoisotopic (exact) mass is 511 g/mol. The van der Waals surface area contributed by atoms with Crippen molar-refractivity contribution in [1.82, 2.24) is 9.47 Å². The minimum atomic E-state index is -0.219. The molecule has 6 nitrogen and oxygen atoms in total. The third-order valence-electron chi connectivity index (χ3n) is 6.39. The number of nitrogens with zero attached hydrogens (tertiary/aromatic N) is 4. The molecule has 0 radical (unpaired) electrons. The molecule has 1 saturated heterocycles.